The molecule has 1 aliphatic carbocycles. The van der Waals surface area contributed by atoms with Crippen LogP contribution in [0.3, 0.4) is 0 Å². The van der Waals surface area contributed by atoms with Gasteiger partial charge < -0.3 is 5.32 Å². The lowest BCUT2D eigenvalue weighted by molar-refractivity contribution is 0.628. The van der Waals surface area contributed by atoms with Gasteiger partial charge >= 0.3 is 0 Å². The topological polar surface area (TPSA) is 24.4 Å². The van der Waals surface area contributed by atoms with Crippen molar-refractivity contribution in [2.45, 2.75) is 12.5 Å². The predicted molar refractivity (Wildman–Crippen MR) is 108 cm³/mol. The molecule has 1 aliphatic heterocycles. The molecule has 0 amide bonds. The molecule has 0 bridgehead atoms. The van der Waals surface area contributed by atoms with Gasteiger partial charge in [-0.1, -0.05) is 54.6 Å². The Morgan fingerprint density at radius 1 is 0.958 bits per heavy atom. The molecule has 4 rings (SSSR count). The Balaban J connectivity index is 1.86. The lowest BCUT2D eigenvalue weighted by Gasteiger charge is -2.33. The minimum absolute atomic E-state index is 0.145. The molecule has 0 fully saturated rings. The fourth-order valence-electron chi connectivity index (χ4n) is 3.21. The molecular weight excluding hydrogens is 428 g/mol. The molecule has 0 spiro atoms. The Labute approximate surface area is 158 Å². The fraction of sp³-hybridized carbons (Fsp3) is 0.150. The van der Waals surface area contributed by atoms with E-state index < -0.39 is 0 Å². The highest BCUT2D eigenvalue weighted by Gasteiger charge is 2.31. The highest BCUT2D eigenvalue weighted by molar-refractivity contribution is 9.11. The predicted octanol–water partition coefficient (Wildman–Crippen LogP) is 6.26. The van der Waals surface area contributed by atoms with Gasteiger partial charge in [-0.3, -0.25) is 0 Å². The summed E-state index contributed by atoms with van der Waals surface area (Å²) in [6.07, 6.45) is 9.75. The van der Waals surface area contributed by atoms with Gasteiger partial charge in [-0.15, -0.1) is 0 Å². The molecule has 24 heavy (non-hydrogen) atoms. The summed E-state index contributed by atoms with van der Waals surface area (Å²) in [5.74, 6) is 0.382. The molecule has 4 heteroatoms. The summed E-state index contributed by atoms with van der Waals surface area (Å²) in [7, 11) is 0. The number of benzene rings is 2. The van der Waals surface area contributed by atoms with Gasteiger partial charge in [0.2, 0.25) is 0 Å². The molecule has 2 aromatic rings. The largest absolute Gasteiger partial charge is 0.373 e. The Kier molecular flexibility index (Phi) is 4.42. The number of anilines is 1. The van der Waals surface area contributed by atoms with Crippen LogP contribution in [0.5, 0.6) is 0 Å². The number of hydrogen-bond donors (Lipinski definition) is 1. The number of aliphatic imine (C=N–C) groups is 1. The number of hydrogen-bond acceptors (Lipinski definition) is 2. The molecule has 120 valence electrons. The van der Waals surface area contributed by atoms with Crippen LogP contribution in [0.15, 0.2) is 80.7 Å². The van der Waals surface area contributed by atoms with E-state index >= 15 is 0 Å². The second-order valence-corrected chi connectivity index (χ2v) is 7.66. The number of allylic oxidation sites excluding steroid dienone is 3. The molecule has 0 radical (unpaired) electrons. The maximum absolute atomic E-state index is 5.05. The van der Waals surface area contributed by atoms with Crippen LogP contribution in [0.2, 0.25) is 0 Å². The van der Waals surface area contributed by atoms with Gasteiger partial charge in [0.05, 0.1) is 17.4 Å². The second-order valence-electron chi connectivity index (χ2n) is 5.95. The van der Waals surface area contributed by atoms with E-state index in [1.807, 2.05) is 18.2 Å². The van der Waals surface area contributed by atoms with E-state index in [-0.39, 0.29) is 6.04 Å². The molecule has 2 aromatic carbocycles. The first-order valence-electron chi connectivity index (χ1n) is 7.96. The van der Waals surface area contributed by atoms with Crippen molar-refractivity contribution >= 4 is 48.9 Å². The van der Waals surface area contributed by atoms with E-state index in [9.17, 15) is 0 Å². The van der Waals surface area contributed by atoms with Crippen molar-refractivity contribution in [2.24, 2.45) is 10.9 Å². The Morgan fingerprint density at radius 3 is 2.50 bits per heavy atom. The van der Waals surface area contributed by atoms with E-state index in [1.54, 1.807) is 0 Å². The second kappa shape index (κ2) is 6.69. The summed E-state index contributed by atoms with van der Waals surface area (Å²) in [5.41, 5.74) is 4.26. The fourth-order valence-corrected chi connectivity index (χ4v) is 4.06. The van der Waals surface area contributed by atoms with Crippen molar-refractivity contribution in [1.29, 1.82) is 0 Å². The first kappa shape index (κ1) is 15.9. The van der Waals surface area contributed by atoms with Crippen LogP contribution in [-0.2, 0) is 0 Å². The van der Waals surface area contributed by atoms with E-state index in [4.69, 9.17) is 4.99 Å². The summed E-state index contributed by atoms with van der Waals surface area (Å²) in [4.78, 5) is 5.05. The van der Waals surface area contributed by atoms with Crippen LogP contribution >= 0.6 is 31.9 Å². The Hall–Kier alpha value is -1.65. The summed E-state index contributed by atoms with van der Waals surface area (Å²) in [6.45, 7) is 0. The number of fused-ring (bicyclic) bond motifs is 1. The minimum Gasteiger partial charge on any atom is -0.373 e. The summed E-state index contributed by atoms with van der Waals surface area (Å²) in [6, 6.07) is 14.7. The summed E-state index contributed by atoms with van der Waals surface area (Å²) in [5, 5.41) is 3.73. The van der Waals surface area contributed by atoms with Gasteiger partial charge in [0.25, 0.3) is 0 Å². The normalized spacial score (nSPS) is 21.8. The molecule has 2 aliphatic rings. The zero-order valence-electron chi connectivity index (χ0n) is 12.9. The van der Waals surface area contributed by atoms with Crippen LogP contribution in [-0.4, -0.2) is 11.8 Å². The van der Waals surface area contributed by atoms with Gasteiger partial charge in [0, 0.05) is 14.9 Å². The third-order valence-electron chi connectivity index (χ3n) is 4.42. The molecular formula is C20H16Br2N2. The van der Waals surface area contributed by atoms with Crippen LogP contribution < -0.4 is 5.32 Å². The third kappa shape index (κ3) is 2.89. The molecule has 1 N–H and O–H groups in total. The Morgan fingerprint density at radius 2 is 1.75 bits per heavy atom. The smallest absolute Gasteiger partial charge is 0.102 e. The third-order valence-corrected chi connectivity index (χ3v) is 5.72. The van der Waals surface area contributed by atoms with Crippen LogP contribution in [0.1, 0.15) is 12.0 Å². The quantitative estimate of drug-likeness (QED) is 0.581. The monoisotopic (exact) mass is 442 g/mol. The van der Waals surface area contributed by atoms with Crippen molar-refractivity contribution < 1.29 is 0 Å². The molecule has 2 atom stereocenters. The van der Waals surface area contributed by atoms with E-state index in [1.165, 1.54) is 0 Å². The molecule has 0 saturated carbocycles. The molecule has 2 unspecified atom stereocenters. The molecule has 0 saturated heterocycles. The van der Waals surface area contributed by atoms with Crippen molar-refractivity contribution in [3.8, 4) is 0 Å². The number of halogens is 2. The van der Waals surface area contributed by atoms with E-state index in [2.05, 4.69) is 85.7 Å². The highest BCUT2D eigenvalue weighted by Crippen LogP contribution is 2.43. The van der Waals surface area contributed by atoms with E-state index in [0.29, 0.717) is 5.92 Å². The number of rotatable bonds is 2. The molecule has 0 aromatic heterocycles. The maximum Gasteiger partial charge on any atom is 0.102 e. The SMILES string of the molecule is Brc1ccc(Br)c2c1N=C(c1ccccc1)C(C1C=CC=CC1)N2. The van der Waals surface area contributed by atoms with Crippen molar-refractivity contribution in [2.75, 3.05) is 5.32 Å². The summed E-state index contributed by atoms with van der Waals surface area (Å²) >= 11 is 7.30. The van der Waals surface area contributed by atoms with Gasteiger partial charge in [0.1, 0.15) is 5.69 Å². The van der Waals surface area contributed by atoms with Gasteiger partial charge in [-0.05, 0) is 56.0 Å². The first-order valence-corrected chi connectivity index (χ1v) is 9.54. The minimum atomic E-state index is 0.145. The zero-order valence-corrected chi connectivity index (χ0v) is 16.1. The van der Waals surface area contributed by atoms with Crippen molar-refractivity contribution in [1.82, 2.24) is 0 Å². The maximum atomic E-state index is 5.05. The van der Waals surface area contributed by atoms with E-state index in [0.717, 1.165) is 38.0 Å². The lowest BCUT2D eigenvalue weighted by Crippen LogP contribution is -2.39. The van der Waals surface area contributed by atoms with Crippen LogP contribution in [0.25, 0.3) is 0 Å². The number of nitrogens with zero attached hydrogens (tertiary/aromatic N) is 1. The standard InChI is InChI=1S/C20H16Br2N2/c21-15-11-12-16(22)20-19(15)23-17(13-7-3-1-4-8-13)18(24-20)14-9-5-2-6-10-14/h1-9,11-12,14,18,24H,10H2. The highest BCUT2D eigenvalue weighted by atomic mass is 79.9. The van der Waals surface area contributed by atoms with Crippen molar-refractivity contribution in [3.05, 3.63) is 81.3 Å². The number of nitrogens with one attached hydrogen (secondary N) is 1. The average molecular weight is 444 g/mol. The average Bonchev–Trinajstić information content (AvgIpc) is 2.65. The van der Waals surface area contributed by atoms with Crippen LogP contribution in [0, 0.1) is 5.92 Å². The Bertz CT molecular complexity index is 853. The first-order chi connectivity index (χ1) is 11.7. The zero-order chi connectivity index (χ0) is 16.5. The summed E-state index contributed by atoms with van der Waals surface area (Å²) < 4.78 is 2.04. The molecule has 2 nitrogen and oxygen atoms in total. The van der Waals surface area contributed by atoms with Gasteiger partial charge in [-0.2, -0.15) is 0 Å². The van der Waals surface area contributed by atoms with Crippen molar-refractivity contribution in [3.63, 3.8) is 0 Å². The lowest BCUT2D eigenvalue weighted by atomic mass is 9.85. The van der Waals surface area contributed by atoms with Gasteiger partial charge in [-0.25, -0.2) is 4.99 Å². The van der Waals surface area contributed by atoms with Crippen LogP contribution in [0.4, 0.5) is 11.4 Å². The molecule has 1 heterocycles. The van der Waals surface area contributed by atoms with Gasteiger partial charge in [0.15, 0.2) is 0 Å².